The quantitative estimate of drug-likeness (QED) is 0.872. The maximum atomic E-state index is 4.34. The van der Waals surface area contributed by atoms with Gasteiger partial charge in [0.2, 0.25) is 0 Å². The molecule has 0 radical (unpaired) electrons. The van der Waals surface area contributed by atoms with Gasteiger partial charge >= 0.3 is 0 Å². The Bertz CT molecular complexity index is 394. The van der Waals surface area contributed by atoms with E-state index in [4.69, 9.17) is 0 Å². The third-order valence-corrected chi connectivity index (χ3v) is 4.45. The molecule has 1 N–H and O–H groups in total. The van der Waals surface area contributed by atoms with Crippen molar-refractivity contribution in [2.24, 2.45) is 5.92 Å². The van der Waals surface area contributed by atoms with Gasteiger partial charge in [-0.2, -0.15) is 0 Å². The van der Waals surface area contributed by atoms with Gasteiger partial charge < -0.3 is 14.8 Å². The first kappa shape index (κ1) is 12.2. The van der Waals surface area contributed by atoms with Gasteiger partial charge in [0.15, 0.2) is 0 Å². The Balaban J connectivity index is 1.61. The molecule has 1 aromatic rings. The van der Waals surface area contributed by atoms with E-state index in [9.17, 15) is 0 Å². The van der Waals surface area contributed by atoms with Crippen molar-refractivity contribution in [1.29, 1.82) is 0 Å². The van der Waals surface area contributed by atoms with Crippen molar-refractivity contribution in [1.82, 2.24) is 19.8 Å². The summed E-state index contributed by atoms with van der Waals surface area (Å²) in [6, 6.07) is 0.688. The Hall–Kier alpha value is -0.870. The molecule has 0 aromatic carbocycles. The molecule has 0 amide bonds. The fourth-order valence-electron chi connectivity index (χ4n) is 3.08. The van der Waals surface area contributed by atoms with Gasteiger partial charge in [-0.15, -0.1) is 0 Å². The topological polar surface area (TPSA) is 33.1 Å². The van der Waals surface area contributed by atoms with Crippen LogP contribution >= 0.6 is 0 Å². The molecule has 1 aromatic heterocycles. The van der Waals surface area contributed by atoms with Gasteiger partial charge in [-0.25, -0.2) is 4.98 Å². The summed E-state index contributed by atoms with van der Waals surface area (Å²) in [4.78, 5) is 6.93. The molecule has 0 spiro atoms. The molecule has 18 heavy (non-hydrogen) atoms. The number of likely N-dealkylation sites (tertiary alicyclic amines) is 1. The second-order valence-corrected chi connectivity index (χ2v) is 6.07. The van der Waals surface area contributed by atoms with E-state index in [1.807, 2.05) is 6.33 Å². The molecule has 3 rings (SSSR count). The summed E-state index contributed by atoms with van der Waals surface area (Å²) in [6.07, 6.45) is 5.41. The molecule has 4 heteroatoms. The first-order chi connectivity index (χ1) is 8.74. The minimum Gasteiger partial charge on any atom is -0.334 e. The zero-order chi connectivity index (χ0) is 12.5. The molecular weight excluding hydrogens is 224 g/mol. The minimum atomic E-state index is 0.688. The van der Waals surface area contributed by atoms with Gasteiger partial charge in [0.25, 0.3) is 0 Å². The first-order valence-corrected chi connectivity index (χ1v) is 7.19. The monoisotopic (exact) mass is 248 g/mol. The fourth-order valence-corrected chi connectivity index (χ4v) is 3.08. The lowest BCUT2D eigenvalue weighted by molar-refractivity contribution is 0.259. The van der Waals surface area contributed by atoms with Crippen LogP contribution in [0.4, 0.5) is 0 Å². The van der Waals surface area contributed by atoms with Crippen molar-refractivity contribution >= 4 is 0 Å². The summed E-state index contributed by atoms with van der Waals surface area (Å²) < 4.78 is 2.39. The fraction of sp³-hybridized carbons (Fsp3) is 0.786. The van der Waals surface area contributed by atoms with Crippen LogP contribution in [0.3, 0.4) is 0 Å². The maximum Gasteiger partial charge on any atom is 0.0948 e. The predicted octanol–water partition coefficient (Wildman–Crippen LogP) is 1.30. The summed E-state index contributed by atoms with van der Waals surface area (Å²) in [5.41, 5.74) is 1.43. The van der Waals surface area contributed by atoms with Gasteiger partial charge in [-0.05, 0) is 32.7 Å². The van der Waals surface area contributed by atoms with Crippen LogP contribution < -0.4 is 5.32 Å². The van der Waals surface area contributed by atoms with Crippen LogP contribution in [0.2, 0.25) is 0 Å². The Labute approximate surface area is 109 Å². The molecule has 100 valence electrons. The Kier molecular flexibility index (Phi) is 3.39. The molecule has 2 aliphatic heterocycles. The van der Waals surface area contributed by atoms with Gasteiger partial charge in [-0.1, -0.05) is 0 Å². The van der Waals surface area contributed by atoms with Gasteiger partial charge in [0.05, 0.1) is 6.33 Å². The standard InChI is InChI=1S/C14H24N4/c1-11(2)17-4-3-12(8-17)9-18-10-16-7-14(18)13-5-15-6-13/h7,10-13,15H,3-6,8-9H2,1-2H3. The number of nitrogens with one attached hydrogen (secondary N) is 1. The molecule has 2 saturated heterocycles. The third-order valence-electron chi connectivity index (χ3n) is 4.45. The predicted molar refractivity (Wildman–Crippen MR) is 72.7 cm³/mol. The van der Waals surface area contributed by atoms with Crippen LogP contribution in [-0.2, 0) is 6.54 Å². The van der Waals surface area contributed by atoms with Crippen LogP contribution in [0, 0.1) is 5.92 Å². The summed E-state index contributed by atoms with van der Waals surface area (Å²) in [7, 11) is 0. The Morgan fingerprint density at radius 3 is 2.89 bits per heavy atom. The lowest BCUT2D eigenvalue weighted by Crippen LogP contribution is -2.41. The number of hydrogen-bond donors (Lipinski definition) is 1. The first-order valence-electron chi connectivity index (χ1n) is 7.19. The van der Waals surface area contributed by atoms with Crippen molar-refractivity contribution in [3.63, 3.8) is 0 Å². The van der Waals surface area contributed by atoms with Gasteiger partial charge in [-0.3, -0.25) is 0 Å². The van der Waals surface area contributed by atoms with Gasteiger partial charge in [0.1, 0.15) is 0 Å². The second-order valence-electron chi connectivity index (χ2n) is 6.07. The van der Waals surface area contributed by atoms with Crippen LogP contribution in [0.15, 0.2) is 12.5 Å². The van der Waals surface area contributed by atoms with Crippen molar-refractivity contribution < 1.29 is 0 Å². The minimum absolute atomic E-state index is 0.688. The highest BCUT2D eigenvalue weighted by Crippen LogP contribution is 2.24. The van der Waals surface area contributed by atoms with E-state index in [1.54, 1.807) is 0 Å². The van der Waals surface area contributed by atoms with E-state index in [0.717, 1.165) is 25.6 Å². The third kappa shape index (κ3) is 2.31. The van der Waals surface area contributed by atoms with Crippen molar-refractivity contribution in [3.8, 4) is 0 Å². The number of rotatable bonds is 4. The van der Waals surface area contributed by atoms with Crippen LogP contribution in [0.25, 0.3) is 0 Å². The maximum absolute atomic E-state index is 4.34. The molecule has 1 unspecified atom stereocenters. The van der Waals surface area contributed by atoms with Crippen molar-refractivity contribution in [3.05, 3.63) is 18.2 Å². The highest BCUT2D eigenvalue weighted by atomic mass is 15.2. The lowest BCUT2D eigenvalue weighted by Gasteiger charge is -2.28. The Morgan fingerprint density at radius 2 is 2.28 bits per heavy atom. The summed E-state index contributed by atoms with van der Waals surface area (Å²) in [6.45, 7) is 10.5. The number of nitrogens with zero attached hydrogens (tertiary/aromatic N) is 3. The average Bonchev–Trinajstić information content (AvgIpc) is 2.87. The molecule has 2 fully saturated rings. The highest BCUT2D eigenvalue weighted by Gasteiger charge is 2.27. The van der Waals surface area contributed by atoms with E-state index >= 15 is 0 Å². The number of hydrogen-bond acceptors (Lipinski definition) is 3. The van der Waals surface area contributed by atoms with E-state index in [1.165, 1.54) is 25.2 Å². The molecule has 0 aliphatic carbocycles. The molecule has 0 saturated carbocycles. The van der Waals surface area contributed by atoms with Crippen molar-refractivity contribution in [2.45, 2.75) is 38.8 Å². The van der Waals surface area contributed by atoms with E-state index in [0.29, 0.717) is 12.0 Å². The number of aromatic nitrogens is 2. The average molecular weight is 248 g/mol. The number of imidazole rings is 1. The SMILES string of the molecule is CC(C)N1CCC(Cn2cncc2C2CNC2)C1. The summed E-state index contributed by atoms with van der Waals surface area (Å²) in [5, 5.41) is 3.34. The Morgan fingerprint density at radius 1 is 1.44 bits per heavy atom. The molecule has 3 heterocycles. The molecular formula is C14H24N4. The van der Waals surface area contributed by atoms with Gasteiger partial charge in [0, 0.05) is 50.0 Å². The molecule has 2 aliphatic rings. The van der Waals surface area contributed by atoms with Crippen LogP contribution in [0.5, 0.6) is 0 Å². The molecule has 0 bridgehead atoms. The summed E-state index contributed by atoms with van der Waals surface area (Å²) >= 11 is 0. The van der Waals surface area contributed by atoms with Crippen molar-refractivity contribution in [2.75, 3.05) is 26.2 Å². The second kappa shape index (κ2) is 5.02. The molecule has 4 nitrogen and oxygen atoms in total. The summed E-state index contributed by atoms with van der Waals surface area (Å²) in [5.74, 6) is 1.49. The normalized spacial score (nSPS) is 25.8. The van der Waals surface area contributed by atoms with E-state index in [2.05, 4.69) is 39.8 Å². The van der Waals surface area contributed by atoms with E-state index in [-0.39, 0.29) is 0 Å². The van der Waals surface area contributed by atoms with E-state index < -0.39 is 0 Å². The van der Waals surface area contributed by atoms with Crippen LogP contribution in [0.1, 0.15) is 31.9 Å². The zero-order valence-corrected chi connectivity index (χ0v) is 11.5. The lowest BCUT2D eigenvalue weighted by atomic mass is 9.99. The van der Waals surface area contributed by atoms with Crippen LogP contribution in [-0.4, -0.2) is 46.7 Å². The zero-order valence-electron chi connectivity index (χ0n) is 11.5. The smallest absolute Gasteiger partial charge is 0.0948 e. The highest BCUT2D eigenvalue weighted by molar-refractivity contribution is 5.11. The largest absolute Gasteiger partial charge is 0.334 e. The molecule has 1 atom stereocenters.